The minimum atomic E-state index is -0.366. The Kier molecular flexibility index (Phi) is 6.18. The molecule has 0 saturated carbocycles. The number of carbonyl (C=O) groups is 2. The van der Waals surface area contributed by atoms with Gasteiger partial charge in [0.25, 0.3) is 11.8 Å². The van der Waals surface area contributed by atoms with Crippen molar-refractivity contribution >= 4 is 17.5 Å². The van der Waals surface area contributed by atoms with E-state index in [4.69, 9.17) is 0 Å². The van der Waals surface area contributed by atoms with E-state index in [9.17, 15) is 9.59 Å². The zero-order valence-corrected chi connectivity index (χ0v) is 15.8. The lowest BCUT2D eigenvalue weighted by Gasteiger charge is -2.22. The first-order valence-electron chi connectivity index (χ1n) is 9.46. The molecule has 2 N–H and O–H groups in total. The monoisotopic (exact) mass is 370 g/mol. The molecule has 1 saturated heterocycles. The molecule has 0 bridgehead atoms. The van der Waals surface area contributed by atoms with Gasteiger partial charge in [0.1, 0.15) is 0 Å². The summed E-state index contributed by atoms with van der Waals surface area (Å²) in [5, 5.41) is 14.3. The number of anilines is 1. The molecular weight excluding hydrogens is 344 g/mol. The molecule has 2 aromatic rings. The van der Waals surface area contributed by atoms with E-state index in [2.05, 4.69) is 20.9 Å². The van der Waals surface area contributed by atoms with Crippen molar-refractivity contribution in [2.45, 2.75) is 32.7 Å². The van der Waals surface area contributed by atoms with E-state index in [1.165, 1.54) is 0 Å². The molecule has 0 aliphatic carbocycles. The van der Waals surface area contributed by atoms with E-state index < -0.39 is 0 Å². The molecule has 1 aliphatic heterocycles. The second-order valence-corrected chi connectivity index (χ2v) is 6.54. The molecule has 27 heavy (non-hydrogen) atoms. The number of nitrogens with one attached hydrogen (secondary N) is 2. The molecule has 0 atom stereocenters. The van der Waals surface area contributed by atoms with Gasteiger partial charge in [0.15, 0.2) is 5.69 Å². The first kappa shape index (κ1) is 19.0. The summed E-state index contributed by atoms with van der Waals surface area (Å²) >= 11 is 0. The Morgan fingerprint density at radius 1 is 1.22 bits per heavy atom. The highest BCUT2D eigenvalue weighted by molar-refractivity contribution is 6.08. The van der Waals surface area contributed by atoms with E-state index in [-0.39, 0.29) is 23.6 Å². The number of carbonyl (C=O) groups excluding carboxylic acids is 2. The quantitative estimate of drug-likeness (QED) is 0.811. The molecule has 1 aliphatic rings. The highest BCUT2D eigenvalue weighted by atomic mass is 16.2. The first-order valence-corrected chi connectivity index (χ1v) is 9.46. The SMILES string of the molecule is CCN(CC)C(=O)c1ccccc1NC(=O)c1cn(C2CCNCC2)nn1. The van der Waals surface area contributed by atoms with Crippen molar-refractivity contribution < 1.29 is 9.59 Å². The van der Waals surface area contributed by atoms with Crippen LogP contribution in [0.3, 0.4) is 0 Å². The van der Waals surface area contributed by atoms with Crippen LogP contribution in [-0.4, -0.2) is 57.9 Å². The van der Waals surface area contributed by atoms with Crippen molar-refractivity contribution in [1.82, 2.24) is 25.2 Å². The van der Waals surface area contributed by atoms with Crippen molar-refractivity contribution in [2.24, 2.45) is 0 Å². The van der Waals surface area contributed by atoms with Gasteiger partial charge in [-0.25, -0.2) is 4.68 Å². The van der Waals surface area contributed by atoms with Crippen LogP contribution in [0.4, 0.5) is 5.69 Å². The Morgan fingerprint density at radius 3 is 2.63 bits per heavy atom. The van der Waals surface area contributed by atoms with Crippen molar-refractivity contribution in [3.8, 4) is 0 Å². The van der Waals surface area contributed by atoms with Gasteiger partial charge in [-0.15, -0.1) is 5.10 Å². The molecule has 3 rings (SSSR count). The number of amides is 2. The number of nitrogens with zero attached hydrogens (tertiary/aromatic N) is 4. The molecule has 1 fully saturated rings. The molecule has 0 unspecified atom stereocenters. The Bertz CT molecular complexity index is 793. The number of benzene rings is 1. The first-order chi connectivity index (χ1) is 13.1. The van der Waals surface area contributed by atoms with Gasteiger partial charge in [-0.3, -0.25) is 9.59 Å². The normalized spacial score (nSPS) is 14.7. The molecule has 144 valence electrons. The zero-order chi connectivity index (χ0) is 19.2. The maximum absolute atomic E-state index is 12.7. The molecule has 1 aromatic carbocycles. The Hall–Kier alpha value is -2.74. The van der Waals surface area contributed by atoms with Crippen molar-refractivity contribution in [3.63, 3.8) is 0 Å². The predicted molar refractivity (Wildman–Crippen MR) is 103 cm³/mol. The largest absolute Gasteiger partial charge is 0.339 e. The molecule has 8 nitrogen and oxygen atoms in total. The van der Waals surface area contributed by atoms with E-state index in [0.29, 0.717) is 24.3 Å². The smallest absolute Gasteiger partial charge is 0.277 e. The zero-order valence-electron chi connectivity index (χ0n) is 15.8. The number of hydrogen-bond acceptors (Lipinski definition) is 5. The molecule has 0 spiro atoms. The van der Waals surface area contributed by atoms with Crippen molar-refractivity contribution in [1.29, 1.82) is 0 Å². The number of hydrogen-bond donors (Lipinski definition) is 2. The van der Waals surface area contributed by atoms with Crippen LogP contribution in [0.25, 0.3) is 0 Å². The topological polar surface area (TPSA) is 92.2 Å². The second kappa shape index (κ2) is 8.77. The van der Waals surface area contributed by atoms with E-state index in [1.54, 1.807) is 40.0 Å². The third-order valence-electron chi connectivity index (χ3n) is 4.88. The summed E-state index contributed by atoms with van der Waals surface area (Å²) in [6, 6.07) is 7.30. The van der Waals surface area contributed by atoms with Crippen molar-refractivity contribution in [2.75, 3.05) is 31.5 Å². The maximum Gasteiger partial charge on any atom is 0.277 e. The summed E-state index contributed by atoms with van der Waals surface area (Å²) in [6.45, 7) is 6.97. The molecule has 8 heteroatoms. The Labute approximate surface area is 158 Å². The van der Waals surface area contributed by atoms with Crippen molar-refractivity contribution in [3.05, 3.63) is 41.7 Å². The molecular formula is C19H26N6O2. The van der Waals surface area contributed by atoms with Crippen LogP contribution in [0.5, 0.6) is 0 Å². The minimum Gasteiger partial charge on any atom is -0.339 e. The predicted octanol–water partition coefficient (Wildman–Crippen LogP) is 1.94. The fraction of sp³-hybridized carbons (Fsp3) is 0.474. The Morgan fingerprint density at radius 2 is 1.93 bits per heavy atom. The van der Waals surface area contributed by atoms with E-state index in [1.807, 2.05) is 13.8 Å². The van der Waals surface area contributed by atoms with Crippen LogP contribution in [0.15, 0.2) is 30.5 Å². The average Bonchev–Trinajstić information content (AvgIpc) is 3.20. The van der Waals surface area contributed by atoms with Gasteiger partial charge in [0.2, 0.25) is 0 Å². The van der Waals surface area contributed by atoms with E-state index >= 15 is 0 Å². The number of rotatable bonds is 6. The van der Waals surface area contributed by atoms with Gasteiger partial charge in [-0.1, -0.05) is 17.3 Å². The molecule has 2 amide bonds. The lowest BCUT2D eigenvalue weighted by molar-refractivity contribution is 0.0774. The average molecular weight is 370 g/mol. The van der Waals surface area contributed by atoms with Crippen LogP contribution in [0.2, 0.25) is 0 Å². The fourth-order valence-electron chi connectivity index (χ4n) is 3.28. The Balaban J connectivity index is 1.75. The van der Waals surface area contributed by atoms with Crippen LogP contribution in [-0.2, 0) is 0 Å². The van der Waals surface area contributed by atoms with Crippen LogP contribution >= 0.6 is 0 Å². The standard InChI is InChI=1S/C19H26N6O2/c1-3-24(4-2)19(27)15-7-5-6-8-16(15)21-18(26)17-13-25(23-22-17)14-9-11-20-12-10-14/h5-8,13-14,20H,3-4,9-12H2,1-2H3,(H,21,26). The van der Waals surface area contributed by atoms with Gasteiger partial charge in [-0.2, -0.15) is 0 Å². The number of aromatic nitrogens is 3. The van der Waals surface area contributed by atoms with Gasteiger partial charge < -0.3 is 15.5 Å². The summed E-state index contributed by atoms with van der Waals surface area (Å²) in [5.41, 5.74) is 1.20. The third-order valence-corrected chi connectivity index (χ3v) is 4.88. The minimum absolute atomic E-state index is 0.103. The summed E-state index contributed by atoms with van der Waals surface area (Å²) in [4.78, 5) is 27.0. The van der Waals surface area contributed by atoms with Gasteiger partial charge in [0.05, 0.1) is 23.5 Å². The summed E-state index contributed by atoms with van der Waals surface area (Å²) in [7, 11) is 0. The summed E-state index contributed by atoms with van der Waals surface area (Å²) in [5.74, 6) is -0.468. The fourth-order valence-corrected chi connectivity index (χ4v) is 3.28. The number of piperidine rings is 1. The van der Waals surface area contributed by atoms with Gasteiger partial charge in [-0.05, 0) is 51.9 Å². The highest BCUT2D eigenvalue weighted by Crippen LogP contribution is 2.20. The van der Waals surface area contributed by atoms with Crippen LogP contribution in [0, 0.1) is 0 Å². The van der Waals surface area contributed by atoms with E-state index in [0.717, 1.165) is 25.9 Å². The lowest BCUT2D eigenvalue weighted by atomic mass is 10.1. The summed E-state index contributed by atoms with van der Waals surface area (Å²) in [6.07, 6.45) is 3.61. The highest BCUT2D eigenvalue weighted by Gasteiger charge is 2.21. The maximum atomic E-state index is 12.7. The lowest BCUT2D eigenvalue weighted by Crippen LogP contribution is -2.31. The van der Waals surface area contributed by atoms with Gasteiger partial charge >= 0.3 is 0 Å². The third kappa shape index (κ3) is 4.33. The molecule has 2 heterocycles. The summed E-state index contributed by atoms with van der Waals surface area (Å²) < 4.78 is 1.77. The molecule has 1 aromatic heterocycles. The molecule has 0 radical (unpaired) electrons. The second-order valence-electron chi connectivity index (χ2n) is 6.54. The van der Waals surface area contributed by atoms with Crippen LogP contribution in [0.1, 0.15) is 53.6 Å². The van der Waals surface area contributed by atoms with Crippen LogP contribution < -0.4 is 10.6 Å². The van der Waals surface area contributed by atoms with Gasteiger partial charge in [0, 0.05) is 13.1 Å². The number of para-hydroxylation sites is 1.